The largest absolute Gasteiger partial charge is 0.329 e. The first-order valence-electron chi connectivity index (χ1n) is 6.79. The van der Waals surface area contributed by atoms with E-state index in [0.29, 0.717) is 13.1 Å². The van der Waals surface area contributed by atoms with E-state index < -0.39 is 0 Å². The summed E-state index contributed by atoms with van der Waals surface area (Å²) in [6.07, 6.45) is 3.44. The molecule has 0 radical (unpaired) electrons. The van der Waals surface area contributed by atoms with Gasteiger partial charge in [-0.05, 0) is 47.2 Å². The van der Waals surface area contributed by atoms with Gasteiger partial charge in [0.05, 0.1) is 11.9 Å². The van der Waals surface area contributed by atoms with Crippen LogP contribution in [0.25, 0.3) is 10.1 Å². The van der Waals surface area contributed by atoms with Gasteiger partial charge in [0.2, 0.25) is 0 Å². The van der Waals surface area contributed by atoms with Crippen LogP contribution < -0.4 is 9.80 Å². The zero-order valence-corrected chi connectivity index (χ0v) is 12.1. The van der Waals surface area contributed by atoms with Gasteiger partial charge in [0.25, 0.3) is 0 Å². The molecule has 0 N–H and O–H groups in total. The summed E-state index contributed by atoms with van der Waals surface area (Å²) < 4.78 is 1.24. The highest BCUT2D eigenvalue weighted by molar-refractivity contribution is 7.17. The first kappa shape index (κ1) is 12.3. The van der Waals surface area contributed by atoms with E-state index in [1.54, 1.807) is 28.6 Å². The Hall–Kier alpha value is -2.40. The maximum Gasteiger partial charge on any atom is 0.329 e. The summed E-state index contributed by atoms with van der Waals surface area (Å²) in [6.45, 7) is 1.38. The fraction of sp³-hybridized carbons (Fsp3) is 0.125. The van der Waals surface area contributed by atoms with Crippen LogP contribution in [0, 0.1) is 0 Å². The van der Waals surface area contributed by atoms with Crippen LogP contribution in [0.2, 0.25) is 0 Å². The highest BCUT2D eigenvalue weighted by atomic mass is 32.1. The van der Waals surface area contributed by atoms with Gasteiger partial charge in [-0.2, -0.15) is 0 Å². The third-order valence-corrected chi connectivity index (χ3v) is 4.61. The number of anilines is 2. The molecule has 2 aromatic heterocycles. The van der Waals surface area contributed by atoms with E-state index in [0.717, 1.165) is 11.4 Å². The van der Waals surface area contributed by atoms with Crippen LogP contribution in [0.3, 0.4) is 0 Å². The summed E-state index contributed by atoms with van der Waals surface area (Å²) in [5.74, 6) is 0. The minimum absolute atomic E-state index is 0.0116. The zero-order valence-electron chi connectivity index (χ0n) is 11.3. The Kier molecular flexibility index (Phi) is 2.86. The summed E-state index contributed by atoms with van der Waals surface area (Å²) in [5.41, 5.74) is 1.80. The fourth-order valence-corrected chi connectivity index (χ4v) is 3.42. The molecule has 1 aromatic carbocycles. The highest BCUT2D eigenvalue weighted by Gasteiger charge is 2.30. The number of carbonyl (C=O) groups excluding carboxylic acids is 1. The molecule has 0 spiro atoms. The molecule has 0 unspecified atom stereocenters. The first-order valence-corrected chi connectivity index (χ1v) is 7.67. The molecular formula is C16H13N3OS. The number of amides is 2. The van der Waals surface area contributed by atoms with E-state index >= 15 is 0 Å². The second-order valence-corrected chi connectivity index (χ2v) is 5.89. The molecule has 1 saturated heterocycles. The van der Waals surface area contributed by atoms with Crippen molar-refractivity contribution in [2.75, 3.05) is 22.9 Å². The van der Waals surface area contributed by atoms with Crippen molar-refractivity contribution >= 4 is 38.8 Å². The van der Waals surface area contributed by atoms with Crippen molar-refractivity contribution in [2.24, 2.45) is 0 Å². The Morgan fingerprint density at radius 3 is 2.71 bits per heavy atom. The average Bonchev–Trinajstić information content (AvgIpc) is 3.13. The van der Waals surface area contributed by atoms with Crippen molar-refractivity contribution < 1.29 is 4.79 Å². The summed E-state index contributed by atoms with van der Waals surface area (Å²) in [7, 11) is 0. The smallest absolute Gasteiger partial charge is 0.292 e. The van der Waals surface area contributed by atoms with E-state index in [4.69, 9.17) is 0 Å². The normalized spacial score (nSPS) is 15.1. The lowest BCUT2D eigenvalue weighted by molar-refractivity contribution is 0.256. The fourth-order valence-electron chi connectivity index (χ4n) is 2.65. The SMILES string of the molecule is O=C1N(c2cccnc2)CCN1c1ccc2sccc2c1. The Bertz CT molecular complexity index is 799. The van der Waals surface area contributed by atoms with Gasteiger partial charge >= 0.3 is 6.03 Å². The third-order valence-electron chi connectivity index (χ3n) is 3.71. The van der Waals surface area contributed by atoms with Crippen molar-refractivity contribution in [2.45, 2.75) is 0 Å². The number of benzene rings is 1. The van der Waals surface area contributed by atoms with Crippen LogP contribution in [0.1, 0.15) is 0 Å². The molecule has 1 aliphatic heterocycles. The standard InChI is InChI=1S/C16H13N3OS/c20-16-18(7-8-19(16)14-2-1-6-17-11-14)13-3-4-15-12(10-13)5-9-21-15/h1-6,9-11H,7-8H2. The Morgan fingerprint density at radius 2 is 1.90 bits per heavy atom. The molecule has 0 saturated carbocycles. The molecule has 1 aliphatic rings. The second-order valence-electron chi connectivity index (χ2n) is 4.94. The molecule has 104 valence electrons. The molecule has 1 fully saturated rings. The minimum Gasteiger partial charge on any atom is -0.292 e. The topological polar surface area (TPSA) is 36.4 Å². The summed E-state index contributed by atoms with van der Waals surface area (Å²) >= 11 is 1.71. The molecule has 3 heterocycles. The lowest BCUT2D eigenvalue weighted by Gasteiger charge is -2.18. The molecule has 4 nitrogen and oxygen atoms in total. The predicted octanol–water partition coefficient (Wildman–Crippen LogP) is 3.74. The van der Waals surface area contributed by atoms with E-state index in [9.17, 15) is 4.79 Å². The minimum atomic E-state index is 0.0116. The number of hydrogen-bond donors (Lipinski definition) is 0. The van der Waals surface area contributed by atoms with Crippen molar-refractivity contribution in [1.29, 1.82) is 0 Å². The van der Waals surface area contributed by atoms with Gasteiger partial charge in [-0.3, -0.25) is 14.8 Å². The molecule has 2 amide bonds. The van der Waals surface area contributed by atoms with Crippen molar-refractivity contribution in [3.05, 3.63) is 54.2 Å². The molecule has 0 atom stereocenters. The van der Waals surface area contributed by atoms with E-state index in [-0.39, 0.29) is 6.03 Å². The van der Waals surface area contributed by atoms with Gasteiger partial charge in [-0.15, -0.1) is 11.3 Å². The molecular weight excluding hydrogens is 282 g/mol. The van der Waals surface area contributed by atoms with Crippen molar-refractivity contribution in [3.8, 4) is 0 Å². The average molecular weight is 295 g/mol. The summed E-state index contributed by atoms with van der Waals surface area (Å²) in [6, 6.07) is 12.0. The lowest BCUT2D eigenvalue weighted by Crippen LogP contribution is -2.31. The van der Waals surface area contributed by atoms with Gasteiger partial charge in [0, 0.05) is 29.7 Å². The van der Waals surface area contributed by atoms with Crippen molar-refractivity contribution in [3.63, 3.8) is 0 Å². The maximum atomic E-state index is 12.6. The van der Waals surface area contributed by atoms with Gasteiger partial charge in [-0.1, -0.05) is 0 Å². The molecule has 3 aromatic rings. The third kappa shape index (κ3) is 2.06. The van der Waals surface area contributed by atoms with Crippen LogP contribution in [0.5, 0.6) is 0 Å². The number of carbonyl (C=O) groups is 1. The number of nitrogens with zero attached hydrogens (tertiary/aromatic N) is 3. The lowest BCUT2D eigenvalue weighted by atomic mass is 10.2. The number of pyridine rings is 1. The number of hydrogen-bond acceptors (Lipinski definition) is 3. The van der Waals surface area contributed by atoms with E-state index in [1.165, 1.54) is 10.1 Å². The first-order chi connectivity index (χ1) is 10.3. The van der Waals surface area contributed by atoms with E-state index in [1.807, 2.05) is 23.1 Å². The number of aromatic nitrogens is 1. The van der Waals surface area contributed by atoms with E-state index in [2.05, 4.69) is 28.6 Å². The Balaban J connectivity index is 1.66. The Labute approximate surface area is 126 Å². The molecule has 5 heteroatoms. The quantitative estimate of drug-likeness (QED) is 0.722. The maximum absolute atomic E-state index is 12.6. The van der Waals surface area contributed by atoms with Gasteiger partial charge in [0.1, 0.15) is 0 Å². The van der Waals surface area contributed by atoms with Crippen LogP contribution >= 0.6 is 11.3 Å². The Morgan fingerprint density at radius 1 is 1.05 bits per heavy atom. The summed E-state index contributed by atoms with van der Waals surface area (Å²) in [5, 5.41) is 3.26. The number of rotatable bonds is 2. The highest BCUT2D eigenvalue weighted by Crippen LogP contribution is 2.29. The number of fused-ring (bicyclic) bond motifs is 1. The van der Waals surface area contributed by atoms with Crippen LogP contribution in [-0.2, 0) is 0 Å². The summed E-state index contributed by atoms with van der Waals surface area (Å²) in [4.78, 5) is 20.3. The molecule has 0 aliphatic carbocycles. The van der Waals surface area contributed by atoms with Crippen LogP contribution in [0.15, 0.2) is 54.2 Å². The van der Waals surface area contributed by atoms with Crippen molar-refractivity contribution in [1.82, 2.24) is 4.98 Å². The number of urea groups is 1. The predicted molar refractivity (Wildman–Crippen MR) is 86.2 cm³/mol. The molecule has 4 rings (SSSR count). The van der Waals surface area contributed by atoms with Gasteiger partial charge in [-0.25, -0.2) is 4.79 Å². The second kappa shape index (κ2) is 4.86. The number of thiophene rings is 1. The molecule has 0 bridgehead atoms. The van der Waals surface area contributed by atoms with Crippen LogP contribution in [0.4, 0.5) is 16.2 Å². The van der Waals surface area contributed by atoms with Crippen LogP contribution in [-0.4, -0.2) is 24.1 Å². The van der Waals surface area contributed by atoms with Gasteiger partial charge < -0.3 is 0 Å². The molecule has 21 heavy (non-hydrogen) atoms. The monoisotopic (exact) mass is 295 g/mol. The van der Waals surface area contributed by atoms with Gasteiger partial charge in [0.15, 0.2) is 0 Å². The zero-order chi connectivity index (χ0) is 14.2.